The number of rotatable bonds is 8. The summed E-state index contributed by atoms with van der Waals surface area (Å²) < 4.78 is 17.0. The van der Waals surface area contributed by atoms with Crippen LogP contribution in [0.4, 0.5) is 5.69 Å². The van der Waals surface area contributed by atoms with Crippen LogP contribution in [-0.4, -0.2) is 25.9 Å². The van der Waals surface area contributed by atoms with E-state index < -0.39 is 0 Å². The van der Waals surface area contributed by atoms with Crippen molar-refractivity contribution in [3.63, 3.8) is 0 Å². The van der Waals surface area contributed by atoms with Gasteiger partial charge in [-0.3, -0.25) is 0 Å². The van der Waals surface area contributed by atoms with Crippen LogP contribution in [0.1, 0.15) is 25.3 Å². The Morgan fingerprint density at radius 3 is 2.71 bits per heavy atom. The molecule has 1 fully saturated rings. The smallest absolute Gasteiger partial charge is 0.121 e. The number of hydrogen-bond donors (Lipinski definition) is 1. The molecular weight excluding hydrogens is 302 g/mol. The van der Waals surface area contributed by atoms with E-state index in [1.54, 1.807) is 0 Å². The van der Waals surface area contributed by atoms with Crippen molar-refractivity contribution in [2.75, 3.05) is 25.1 Å². The lowest BCUT2D eigenvalue weighted by molar-refractivity contribution is 0.0680. The van der Waals surface area contributed by atoms with E-state index in [2.05, 4.69) is 17.4 Å². The molecule has 128 valence electrons. The van der Waals surface area contributed by atoms with Crippen molar-refractivity contribution in [3.05, 3.63) is 54.1 Å². The maximum absolute atomic E-state index is 5.85. The predicted molar refractivity (Wildman–Crippen MR) is 95.8 cm³/mol. The number of anilines is 1. The first-order valence-corrected chi connectivity index (χ1v) is 8.63. The van der Waals surface area contributed by atoms with Crippen LogP contribution < -0.4 is 14.8 Å². The van der Waals surface area contributed by atoms with Crippen LogP contribution in [0.2, 0.25) is 0 Å². The van der Waals surface area contributed by atoms with Crippen LogP contribution in [0.5, 0.6) is 11.5 Å². The van der Waals surface area contributed by atoms with E-state index in [0.29, 0.717) is 13.2 Å². The zero-order chi connectivity index (χ0) is 16.6. The molecule has 0 saturated carbocycles. The van der Waals surface area contributed by atoms with Crippen molar-refractivity contribution < 1.29 is 14.2 Å². The van der Waals surface area contributed by atoms with E-state index in [1.165, 1.54) is 5.56 Å². The zero-order valence-corrected chi connectivity index (χ0v) is 14.2. The van der Waals surface area contributed by atoms with E-state index in [9.17, 15) is 0 Å². The summed E-state index contributed by atoms with van der Waals surface area (Å²) in [6.07, 6.45) is 2.47. The summed E-state index contributed by atoms with van der Waals surface area (Å²) in [6, 6.07) is 16.2. The highest BCUT2D eigenvalue weighted by Gasteiger charge is 2.15. The second kappa shape index (κ2) is 8.60. The molecule has 0 bridgehead atoms. The fraction of sp³-hybridized carbons (Fsp3) is 0.400. The van der Waals surface area contributed by atoms with Gasteiger partial charge in [-0.2, -0.15) is 0 Å². The molecule has 1 atom stereocenters. The topological polar surface area (TPSA) is 39.7 Å². The third-order valence-corrected chi connectivity index (χ3v) is 4.00. The van der Waals surface area contributed by atoms with Gasteiger partial charge in [-0.25, -0.2) is 0 Å². The lowest BCUT2D eigenvalue weighted by atomic mass is 10.2. The third kappa shape index (κ3) is 4.90. The summed E-state index contributed by atoms with van der Waals surface area (Å²) in [5.74, 6) is 1.78. The molecule has 24 heavy (non-hydrogen) atoms. The SMILES string of the molecule is CCOc1cccc(CNc2cccc(OCC3CCCO3)c2)c1. The maximum Gasteiger partial charge on any atom is 0.121 e. The molecule has 1 aliphatic rings. The Balaban J connectivity index is 1.53. The molecule has 3 rings (SSSR count). The van der Waals surface area contributed by atoms with E-state index in [-0.39, 0.29) is 6.10 Å². The Morgan fingerprint density at radius 2 is 1.92 bits per heavy atom. The van der Waals surface area contributed by atoms with E-state index in [4.69, 9.17) is 14.2 Å². The van der Waals surface area contributed by atoms with Crippen molar-refractivity contribution in [3.8, 4) is 11.5 Å². The van der Waals surface area contributed by atoms with Gasteiger partial charge >= 0.3 is 0 Å². The minimum atomic E-state index is 0.239. The van der Waals surface area contributed by atoms with Crippen molar-refractivity contribution in [1.29, 1.82) is 0 Å². The highest BCUT2D eigenvalue weighted by Crippen LogP contribution is 2.21. The molecule has 2 aromatic carbocycles. The molecule has 0 amide bonds. The molecule has 2 aromatic rings. The third-order valence-electron chi connectivity index (χ3n) is 4.00. The Labute approximate surface area is 143 Å². The molecule has 1 aliphatic heterocycles. The van der Waals surface area contributed by atoms with E-state index in [0.717, 1.165) is 43.2 Å². The van der Waals surface area contributed by atoms with E-state index >= 15 is 0 Å². The number of benzene rings is 2. The van der Waals surface area contributed by atoms with Gasteiger partial charge in [0, 0.05) is 24.9 Å². The Morgan fingerprint density at radius 1 is 1.08 bits per heavy atom. The van der Waals surface area contributed by atoms with Crippen molar-refractivity contribution in [2.45, 2.75) is 32.4 Å². The minimum absolute atomic E-state index is 0.239. The molecule has 1 unspecified atom stereocenters. The first kappa shape index (κ1) is 16.7. The summed E-state index contributed by atoms with van der Waals surface area (Å²) in [5, 5.41) is 3.43. The van der Waals surface area contributed by atoms with Crippen LogP contribution in [0.15, 0.2) is 48.5 Å². The average Bonchev–Trinajstić information content (AvgIpc) is 3.13. The van der Waals surface area contributed by atoms with Crippen LogP contribution in [0, 0.1) is 0 Å². The van der Waals surface area contributed by atoms with Gasteiger partial charge in [0.05, 0.1) is 12.7 Å². The fourth-order valence-electron chi connectivity index (χ4n) is 2.78. The van der Waals surface area contributed by atoms with Gasteiger partial charge in [0.25, 0.3) is 0 Å². The molecule has 4 heteroatoms. The van der Waals surface area contributed by atoms with Gasteiger partial charge in [0.2, 0.25) is 0 Å². The lowest BCUT2D eigenvalue weighted by Gasteiger charge is -2.13. The van der Waals surface area contributed by atoms with Gasteiger partial charge in [-0.05, 0) is 49.6 Å². The van der Waals surface area contributed by atoms with Crippen LogP contribution in [-0.2, 0) is 11.3 Å². The average molecular weight is 327 g/mol. The Bertz CT molecular complexity index is 638. The van der Waals surface area contributed by atoms with Crippen LogP contribution in [0.3, 0.4) is 0 Å². The lowest BCUT2D eigenvalue weighted by Crippen LogP contribution is -2.16. The number of hydrogen-bond acceptors (Lipinski definition) is 4. The molecule has 1 saturated heterocycles. The summed E-state index contributed by atoms with van der Waals surface area (Å²) in [6.45, 7) is 4.90. The highest BCUT2D eigenvalue weighted by atomic mass is 16.5. The summed E-state index contributed by atoms with van der Waals surface area (Å²) in [4.78, 5) is 0. The molecule has 0 radical (unpaired) electrons. The van der Waals surface area contributed by atoms with Gasteiger partial charge in [-0.15, -0.1) is 0 Å². The molecular formula is C20H25NO3. The van der Waals surface area contributed by atoms with Gasteiger partial charge in [-0.1, -0.05) is 18.2 Å². The monoisotopic (exact) mass is 327 g/mol. The number of nitrogens with one attached hydrogen (secondary N) is 1. The minimum Gasteiger partial charge on any atom is -0.494 e. The summed E-state index contributed by atoms with van der Waals surface area (Å²) in [5.41, 5.74) is 2.23. The van der Waals surface area contributed by atoms with E-state index in [1.807, 2.05) is 43.3 Å². The largest absolute Gasteiger partial charge is 0.494 e. The second-order valence-corrected chi connectivity index (χ2v) is 5.91. The molecule has 0 spiro atoms. The number of ether oxygens (including phenoxy) is 3. The van der Waals surface area contributed by atoms with Gasteiger partial charge < -0.3 is 19.5 Å². The molecule has 4 nitrogen and oxygen atoms in total. The molecule has 1 N–H and O–H groups in total. The quantitative estimate of drug-likeness (QED) is 0.786. The normalized spacial score (nSPS) is 16.8. The molecule has 0 aliphatic carbocycles. The molecule has 0 aromatic heterocycles. The fourth-order valence-corrected chi connectivity index (χ4v) is 2.78. The Hall–Kier alpha value is -2.20. The summed E-state index contributed by atoms with van der Waals surface area (Å²) in [7, 11) is 0. The molecule has 1 heterocycles. The summed E-state index contributed by atoms with van der Waals surface area (Å²) >= 11 is 0. The Kier molecular flexibility index (Phi) is 5.96. The highest BCUT2D eigenvalue weighted by molar-refractivity contribution is 5.48. The van der Waals surface area contributed by atoms with Crippen molar-refractivity contribution in [1.82, 2.24) is 0 Å². The zero-order valence-electron chi connectivity index (χ0n) is 14.2. The predicted octanol–water partition coefficient (Wildman–Crippen LogP) is 4.26. The first-order chi connectivity index (χ1) is 11.8. The standard InChI is InChI=1S/C20H25NO3/c1-2-22-18-8-3-6-16(12-18)14-21-17-7-4-9-19(13-17)24-15-20-10-5-11-23-20/h3-4,6-9,12-13,20-21H,2,5,10-11,14-15H2,1H3. The maximum atomic E-state index is 5.85. The van der Waals surface area contributed by atoms with Crippen LogP contribution in [0.25, 0.3) is 0 Å². The van der Waals surface area contributed by atoms with Gasteiger partial charge in [0.1, 0.15) is 18.1 Å². The first-order valence-electron chi connectivity index (χ1n) is 8.63. The van der Waals surface area contributed by atoms with Crippen LogP contribution >= 0.6 is 0 Å². The van der Waals surface area contributed by atoms with Crippen molar-refractivity contribution in [2.24, 2.45) is 0 Å². The second-order valence-electron chi connectivity index (χ2n) is 5.91. The van der Waals surface area contributed by atoms with Crippen molar-refractivity contribution >= 4 is 5.69 Å². The van der Waals surface area contributed by atoms with Gasteiger partial charge in [0.15, 0.2) is 0 Å².